The van der Waals surface area contributed by atoms with Gasteiger partial charge in [0.1, 0.15) is 11.2 Å². The van der Waals surface area contributed by atoms with E-state index in [0.717, 1.165) is 34.4 Å². The summed E-state index contributed by atoms with van der Waals surface area (Å²) in [7, 11) is 0. The van der Waals surface area contributed by atoms with Crippen LogP contribution in [0.25, 0.3) is 16.0 Å². The van der Waals surface area contributed by atoms with Gasteiger partial charge in [-0.1, -0.05) is 55.1 Å². The smallest absolute Gasteiger partial charge is 0.311 e. The molecular formula is C24H22N4O3S2. The zero-order chi connectivity index (χ0) is 22.9. The molecule has 0 aliphatic carbocycles. The fourth-order valence-corrected chi connectivity index (χ4v) is 6.13. The normalized spacial score (nSPS) is 13.3. The number of hydrogen-bond donors (Lipinski definition) is 0. The number of para-hydroxylation sites is 2. The van der Waals surface area contributed by atoms with E-state index in [1.54, 1.807) is 29.2 Å². The summed E-state index contributed by atoms with van der Waals surface area (Å²) in [6, 6.07) is 16.7. The molecule has 0 N–H and O–H groups in total. The van der Waals surface area contributed by atoms with Gasteiger partial charge in [-0.2, -0.15) is 0 Å². The van der Waals surface area contributed by atoms with Crippen LogP contribution >= 0.6 is 23.1 Å². The monoisotopic (exact) mass is 478 g/mol. The number of benzene rings is 2. The lowest BCUT2D eigenvalue weighted by atomic mass is 10.0. The number of carbonyl (C=O) groups excluding carboxylic acids is 1. The largest absolute Gasteiger partial charge is 0.337 e. The summed E-state index contributed by atoms with van der Waals surface area (Å²) in [5.41, 5.74) is 1.78. The molecule has 9 heteroatoms. The second-order valence-electron chi connectivity index (χ2n) is 7.69. The second-order valence-corrected chi connectivity index (χ2v) is 10.2. The molecule has 0 radical (unpaired) electrons. The molecule has 5 rings (SSSR count). The van der Waals surface area contributed by atoms with Crippen LogP contribution in [0.2, 0.25) is 0 Å². The first kappa shape index (κ1) is 21.7. The number of aromatic nitrogens is 3. The average Bonchev–Trinajstić information content (AvgIpc) is 3.26. The van der Waals surface area contributed by atoms with Crippen molar-refractivity contribution in [2.45, 2.75) is 30.6 Å². The van der Waals surface area contributed by atoms with Crippen LogP contribution < -0.4 is 16.1 Å². The topological polar surface area (TPSA) is 77.2 Å². The molecule has 2 aromatic heterocycles. The number of rotatable bonds is 5. The lowest BCUT2D eigenvalue weighted by molar-refractivity contribution is -0.119. The van der Waals surface area contributed by atoms with Crippen molar-refractivity contribution in [1.82, 2.24) is 14.1 Å². The minimum Gasteiger partial charge on any atom is -0.311 e. The van der Waals surface area contributed by atoms with Gasteiger partial charge in [0.05, 0.1) is 5.69 Å². The predicted octanol–water partition coefficient (Wildman–Crippen LogP) is 3.70. The third kappa shape index (κ3) is 3.91. The summed E-state index contributed by atoms with van der Waals surface area (Å²) < 4.78 is 3.57. The Labute approximate surface area is 198 Å². The van der Waals surface area contributed by atoms with E-state index >= 15 is 0 Å². The fraction of sp³-hybridized carbons (Fsp3) is 0.250. The van der Waals surface area contributed by atoms with Crippen LogP contribution in [0.15, 0.2) is 68.5 Å². The van der Waals surface area contributed by atoms with E-state index in [9.17, 15) is 14.4 Å². The van der Waals surface area contributed by atoms with Crippen molar-refractivity contribution in [3.05, 3.63) is 81.0 Å². The molecule has 0 saturated heterocycles. The molecule has 2 aromatic carbocycles. The zero-order valence-corrected chi connectivity index (χ0v) is 19.7. The van der Waals surface area contributed by atoms with Gasteiger partial charge in [0.15, 0.2) is 9.99 Å². The number of nitrogens with zero attached hydrogens (tertiary/aromatic N) is 4. The van der Waals surface area contributed by atoms with E-state index in [1.807, 2.05) is 37.3 Å². The summed E-state index contributed by atoms with van der Waals surface area (Å²) in [5, 5.41) is 0. The Morgan fingerprint density at radius 2 is 1.85 bits per heavy atom. The van der Waals surface area contributed by atoms with E-state index in [4.69, 9.17) is 0 Å². The van der Waals surface area contributed by atoms with Crippen molar-refractivity contribution < 1.29 is 4.79 Å². The number of hydrogen-bond acceptors (Lipinski definition) is 6. The molecule has 0 bridgehead atoms. The quantitative estimate of drug-likeness (QED) is 0.409. The van der Waals surface area contributed by atoms with E-state index in [2.05, 4.69) is 4.98 Å². The maximum atomic E-state index is 13.5. The molecule has 168 valence electrons. The molecular weight excluding hydrogens is 456 g/mol. The highest BCUT2D eigenvalue weighted by Crippen LogP contribution is 2.29. The van der Waals surface area contributed by atoms with Crippen LogP contribution in [0.4, 0.5) is 5.69 Å². The summed E-state index contributed by atoms with van der Waals surface area (Å²) >= 11 is 2.78. The highest BCUT2D eigenvalue weighted by molar-refractivity contribution is 8.01. The van der Waals surface area contributed by atoms with Crippen molar-refractivity contribution in [2.24, 2.45) is 0 Å². The number of thiazole rings is 1. The van der Waals surface area contributed by atoms with Crippen LogP contribution in [0.5, 0.6) is 0 Å². The molecule has 4 aromatic rings. The first-order valence-corrected chi connectivity index (χ1v) is 12.6. The van der Waals surface area contributed by atoms with E-state index in [0.29, 0.717) is 21.3 Å². The Hall–Kier alpha value is -3.17. The van der Waals surface area contributed by atoms with Gasteiger partial charge in [-0.3, -0.25) is 14.2 Å². The molecule has 0 unspecified atom stereocenters. The van der Waals surface area contributed by atoms with Gasteiger partial charge in [0.25, 0.3) is 5.56 Å². The minimum atomic E-state index is -0.560. The number of carbonyl (C=O) groups is 1. The standard InChI is InChI=1S/C24H22N4O3S2/c1-2-32-23-25-21-20(33-23)22(30)28(17-11-4-3-5-12-17)24(31)27(21)15-19(29)26-14-8-10-16-9-6-7-13-18(16)26/h3-7,9,11-13H,2,8,10,14-15H2,1H3. The first-order chi connectivity index (χ1) is 16.1. The third-order valence-electron chi connectivity index (χ3n) is 5.65. The molecule has 0 atom stereocenters. The van der Waals surface area contributed by atoms with Crippen LogP contribution in [-0.4, -0.2) is 32.3 Å². The Bertz CT molecular complexity index is 1460. The van der Waals surface area contributed by atoms with E-state index in [-0.39, 0.29) is 18.1 Å². The second kappa shape index (κ2) is 8.99. The summed E-state index contributed by atoms with van der Waals surface area (Å²) in [6.07, 6.45) is 1.79. The number of thioether (sulfide) groups is 1. The fourth-order valence-electron chi connectivity index (χ4n) is 4.16. The summed E-state index contributed by atoms with van der Waals surface area (Å²) in [4.78, 5) is 46.6. The van der Waals surface area contributed by atoms with Crippen molar-refractivity contribution in [3.63, 3.8) is 0 Å². The molecule has 1 aliphatic rings. The number of fused-ring (bicyclic) bond motifs is 2. The van der Waals surface area contributed by atoms with Crippen molar-refractivity contribution in [1.29, 1.82) is 0 Å². The highest BCUT2D eigenvalue weighted by atomic mass is 32.2. The minimum absolute atomic E-state index is 0.184. The lowest BCUT2D eigenvalue weighted by Crippen LogP contribution is -2.44. The maximum absolute atomic E-state index is 13.5. The first-order valence-electron chi connectivity index (χ1n) is 10.8. The van der Waals surface area contributed by atoms with Crippen LogP contribution in [0.1, 0.15) is 18.9 Å². The number of aryl methyl sites for hydroxylation is 1. The van der Waals surface area contributed by atoms with Crippen LogP contribution in [-0.2, 0) is 17.8 Å². The molecule has 1 amide bonds. The number of amides is 1. The highest BCUT2D eigenvalue weighted by Gasteiger charge is 2.25. The number of anilines is 1. The lowest BCUT2D eigenvalue weighted by Gasteiger charge is -2.29. The molecule has 3 heterocycles. The Balaban J connectivity index is 1.65. The molecule has 1 aliphatic heterocycles. The molecule has 0 spiro atoms. The Morgan fingerprint density at radius 3 is 2.64 bits per heavy atom. The molecule has 7 nitrogen and oxygen atoms in total. The summed E-state index contributed by atoms with van der Waals surface area (Å²) in [6.45, 7) is 2.42. The van der Waals surface area contributed by atoms with E-state index < -0.39 is 11.2 Å². The summed E-state index contributed by atoms with van der Waals surface area (Å²) in [5.74, 6) is 0.599. The van der Waals surface area contributed by atoms with Gasteiger partial charge in [0.2, 0.25) is 5.91 Å². The molecule has 0 saturated carbocycles. The van der Waals surface area contributed by atoms with Crippen molar-refractivity contribution in [2.75, 3.05) is 17.2 Å². The molecule has 33 heavy (non-hydrogen) atoms. The molecule has 0 fully saturated rings. The van der Waals surface area contributed by atoms with E-state index in [1.165, 1.54) is 27.7 Å². The Morgan fingerprint density at radius 1 is 1.09 bits per heavy atom. The van der Waals surface area contributed by atoms with Gasteiger partial charge in [0, 0.05) is 12.2 Å². The predicted molar refractivity (Wildman–Crippen MR) is 133 cm³/mol. The maximum Gasteiger partial charge on any atom is 0.337 e. The van der Waals surface area contributed by atoms with Crippen LogP contribution in [0.3, 0.4) is 0 Å². The van der Waals surface area contributed by atoms with Gasteiger partial charge in [-0.25, -0.2) is 14.3 Å². The van der Waals surface area contributed by atoms with Gasteiger partial charge in [-0.05, 0) is 42.4 Å². The zero-order valence-electron chi connectivity index (χ0n) is 18.1. The SMILES string of the molecule is CCSc1nc2c(s1)c(=O)n(-c1ccccc1)c(=O)n2CC(=O)N1CCCc2ccccc21. The van der Waals surface area contributed by atoms with Gasteiger partial charge < -0.3 is 4.90 Å². The van der Waals surface area contributed by atoms with Gasteiger partial charge in [-0.15, -0.1) is 11.3 Å². The van der Waals surface area contributed by atoms with Crippen molar-refractivity contribution in [3.8, 4) is 5.69 Å². The van der Waals surface area contributed by atoms with Crippen molar-refractivity contribution >= 4 is 45.0 Å². The average molecular weight is 479 g/mol. The third-order valence-corrected chi connectivity index (χ3v) is 7.71. The van der Waals surface area contributed by atoms with Gasteiger partial charge >= 0.3 is 5.69 Å². The Kier molecular flexibility index (Phi) is 5.90. The van der Waals surface area contributed by atoms with Crippen LogP contribution in [0, 0.1) is 0 Å².